The van der Waals surface area contributed by atoms with Crippen LogP contribution in [-0.2, 0) is 5.92 Å². The summed E-state index contributed by atoms with van der Waals surface area (Å²) >= 11 is 0. The van der Waals surface area contributed by atoms with Gasteiger partial charge in [0.05, 0.1) is 0 Å². The topological polar surface area (TPSA) is 78.5 Å². The number of nitrogens with zero attached hydrogens (tertiary/aromatic N) is 6. The van der Waals surface area contributed by atoms with Crippen molar-refractivity contribution in [1.29, 1.82) is 0 Å². The summed E-state index contributed by atoms with van der Waals surface area (Å²) in [6.45, 7) is 2.93. The Bertz CT molecular complexity index is 675. The first-order valence-corrected chi connectivity index (χ1v) is 5.87. The summed E-state index contributed by atoms with van der Waals surface area (Å²) in [6, 6.07) is -1.07. The second-order valence-corrected chi connectivity index (χ2v) is 4.55. The Labute approximate surface area is 119 Å². The van der Waals surface area contributed by atoms with Crippen molar-refractivity contribution < 1.29 is 26.7 Å². The fourth-order valence-electron chi connectivity index (χ4n) is 1.50. The fourth-order valence-corrected chi connectivity index (χ4v) is 1.50. The Kier molecular flexibility index (Phi) is 3.71. The van der Waals surface area contributed by atoms with Crippen LogP contribution in [0.3, 0.4) is 0 Å². The zero-order valence-corrected chi connectivity index (χ0v) is 11.2. The number of carbonyl (C=O) groups is 1. The monoisotopic (exact) mass is 324 g/mol. The van der Waals surface area contributed by atoms with E-state index < -0.39 is 29.9 Å². The quantitative estimate of drug-likeness (QED) is 0.791. The minimum absolute atomic E-state index is 0.348. The molecule has 0 unspecified atom stereocenters. The van der Waals surface area contributed by atoms with Crippen molar-refractivity contribution in [3.63, 3.8) is 0 Å². The van der Waals surface area contributed by atoms with Crippen LogP contribution < -0.4 is 0 Å². The standard InChI is InChI=1S/C10H9F5N6O/c1-5(2)6-18-7(9(11,12)10(13,14)15)19-21(6)8(22)20-4-16-3-17-20/h3-5H,1-2H3. The average Bonchev–Trinajstić information content (AvgIpc) is 3.06. The molecule has 2 rings (SSSR count). The summed E-state index contributed by atoms with van der Waals surface area (Å²) in [5, 5.41) is 6.49. The van der Waals surface area contributed by atoms with Gasteiger partial charge in [0.15, 0.2) is 0 Å². The van der Waals surface area contributed by atoms with Crippen molar-refractivity contribution in [3.8, 4) is 0 Å². The van der Waals surface area contributed by atoms with Gasteiger partial charge in [0, 0.05) is 5.92 Å². The third kappa shape index (κ3) is 2.55. The lowest BCUT2D eigenvalue weighted by Gasteiger charge is -2.15. The highest BCUT2D eigenvalue weighted by atomic mass is 19.4. The maximum absolute atomic E-state index is 13.3. The lowest BCUT2D eigenvalue weighted by atomic mass is 10.2. The van der Waals surface area contributed by atoms with Crippen LogP contribution in [0.15, 0.2) is 12.7 Å². The van der Waals surface area contributed by atoms with Crippen LogP contribution in [0, 0.1) is 0 Å². The molecule has 0 radical (unpaired) electrons. The van der Waals surface area contributed by atoms with E-state index in [4.69, 9.17) is 0 Å². The van der Waals surface area contributed by atoms with Gasteiger partial charge in [0.25, 0.3) is 0 Å². The third-order valence-corrected chi connectivity index (χ3v) is 2.58. The minimum atomic E-state index is -5.87. The van der Waals surface area contributed by atoms with Crippen LogP contribution in [0.4, 0.5) is 26.7 Å². The molecule has 22 heavy (non-hydrogen) atoms. The van der Waals surface area contributed by atoms with Crippen LogP contribution in [0.5, 0.6) is 0 Å². The van der Waals surface area contributed by atoms with Gasteiger partial charge in [-0.15, -0.1) is 5.10 Å². The highest BCUT2D eigenvalue weighted by Crippen LogP contribution is 2.42. The Morgan fingerprint density at radius 2 is 1.86 bits per heavy atom. The third-order valence-electron chi connectivity index (χ3n) is 2.58. The van der Waals surface area contributed by atoms with Crippen LogP contribution in [0.25, 0.3) is 0 Å². The second-order valence-electron chi connectivity index (χ2n) is 4.55. The Morgan fingerprint density at radius 1 is 1.23 bits per heavy atom. The first-order valence-electron chi connectivity index (χ1n) is 5.87. The van der Waals surface area contributed by atoms with E-state index in [0.29, 0.717) is 9.36 Å². The highest BCUT2D eigenvalue weighted by Gasteiger charge is 2.62. The lowest BCUT2D eigenvalue weighted by Crippen LogP contribution is -2.35. The Balaban J connectivity index is 2.54. The van der Waals surface area contributed by atoms with E-state index >= 15 is 0 Å². The Hall–Kier alpha value is -2.40. The first kappa shape index (κ1) is 16.0. The normalized spacial score (nSPS) is 12.9. The molecule has 2 aromatic heterocycles. The van der Waals surface area contributed by atoms with Gasteiger partial charge in [-0.2, -0.15) is 36.4 Å². The smallest absolute Gasteiger partial charge is 0.243 e. The predicted molar refractivity (Wildman–Crippen MR) is 60.3 cm³/mol. The lowest BCUT2D eigenvalue weighted by molar-refractivity contribution is -0.292. The molecule has 0 fully saturated rings. The number of hydrogen-bond acceptors (Lipinski definition) is 5. The SMILES string of the molecule is CC(C)c1nc(C(F)(F)C(F)(F)F)nn1C(=O)n1cncn1. The van der Waals surface area contributed by atoms with Gasteiger partial charge < -0.3 is 0 Å². The molecule has 120 valence electrons. The van der Waals surface area contributed by atoms with E-state index in [9.17, 15) is 26.7 Å². The van der Waals surface area contributed by atoms with E-state index in [-0.39, 0.29) is 5.82 Å². The minimum Gasteiger partial charge on any atom is -0.243 e. The van der Waals surface area contributed by atoms with E-state index in [2.05, 4.69) is 20.2 Å². The number of halogens is 5. The summed E-state index contributed by atoms with van der Waals surface area (Å²) in [5.74, 6) is -8.04. The molecule has 2 aromatic rings. The van der Waals surface area contributed by atoms with Crippen LogP contribution in [0.2, 0.25) is 0 Å². The van der Waals surface area contributed by atoms with Crippen molar-refractivity contribution in [3.05, 3.63) is 24.3 Å². The van der Waals surface area contributed by atoms with Crippen molar-refractivity contribution in [2.75, 3.05) is 0 Å². The van der Waals surface area contributed by atoms with Crippen molar-refractivity contribution in [2.45, 2.75) is 31.9 Å². The second kappa shape index (κ2) is 5.10. The summed E-state index contributed by atoms with van der Waals surface area (Å²) in [6.07, 6.45) is -3.92. The van der Waals surface area contributed by atoms with E-state index in [0.717, 1.165) is 12.7 Å². The van der Waals surface area contributed by atoms with E-state index in [1.54, 1.807) is 0 Å². The van der Waals surface area contributed by atoms with E-state index in [1.165, 1.54) is 13.8 Å². The van der Waals surface area contributed by atoms with Gasteiger partial charge in [-0.1, -0.05) is 13.8 Å². The molecule has 0 bridgehead atoms. The van der Waals surface area contributed by atoms with Crippen molar-refractivity contribution in [2.24, 2.45) is 0 Å². The van der Waals surface area contributed by atoms with Gasteiger partial charge in [-0.3, -0.25) is 0 Å². The Morgan fingerprint density at radius 3 is 2.32 bits per heavy atom. The number of alkyl halides is 5. The number of aromatic nitrogens is 6. The van der Waals surface area contributed by atoms with Gasteiger partial charge in [-0.25, -0.2) is 14.8 Å². The van der Waals surface area contributed by atoms with Crippen LogP contribution in [-0.4, -0.2) is 41.7 Å². The first-order chi connectivity index (χ1) is 10.1. The van der Waals surface area contributed by atoms with E-state index in [1.807, 2.05) is 0 Å². The number of carbonyl (C=O) groups excluding carboxylic acids is 1. The van der Waals surface area contributed by atoms with Gasteiger partial charge in [0.2, 0.25) is 5.82 Å². The molecule has 0 saturated carbocycles. The molecule has 0 aliphatic rings. The van der Waals surface area contributed by atoms with Crippen molar-refractivity contribution >= 4 is 6.03 Å². The molecule has 0 N–H and O–H groups in total. The van der Waals surface area contributed by atoms with Crippen molar-refractivity contribution in [1.82, 2.24) is 29.5 Å². The van der Waals surface area contributed by atoms with Gasteiger partial charge >= 0.3 is 18.1 Å². The largest absolute Gasteiger partial charge is 0.461 e. The molecule has 0 aliphatic heterocycles. The maximum Gasteiger partial charge on any atom is 0.461 e. The summed E-state index contributed by atoms with van der Waals surface area (Å²) in [7, 11) is 0. The average molecular weight is 324 g/mol. The zero-order chi connectivity index (χ0) is 16.7. The van der Waals surface area contributed by atoms with Gasteiger partial charge in [0.1, 0.15) is 18.5 Å². The molecular formula is C10H9F5N6O. The summed E-state index contributed by atoms with van der Waals surface area (Å²) in [4.78, 5) is 18.7. The number of hydrogen-bond donors (Lipinski definition) is 0. The predicted octanol–water partition coefficient (Wildman–Crippen LogP) is 2.16. The summed E-state index contributed by atoms with van der Waals surface area (Å²) < 4.78 is 64.8. The molecule has 12 heteroatoms. The molecule has 0 atom stereocenters. The molecule has 0 spiro atoms. The van der Waals surface area contributed by atoms with Gasteiger partial charge in [-0.05, 0) is 0 Å². The van der Waals surface area contributed by atoms with Crippen LogP contribution >= 0.6 is 0 Å². The van der Waals surface area contributed by atoms with Crippen LogP contribution in [0.1, 0.15) is 31.4 Å². The summed E-state index contributed by atoms with van der Waals surface area (Å²) in [5.41, 5.74) is 0. The fraction of sp³-hybridized carbons (Fsp3) is 0.500. The maximum atomic E-state index is 13.3. The number of rotatable bonds is 2. The molecular weight excluding hydrogens is 315 g/mol. The molecule has 0 amide bonds. The molecule has 2 heterocycles. The molecule has 0 saturated heterocycles. The molecule has 7 nitrogen and oxygen atoms in total. The zero-order valence-electron chi connectivity index (χ0n) is 11.2. The molecule has 0 aromatic carbocycles. The molecule has 0 aliphatic carbocycles. The highest BCUT2D eigenvalue weighted by molar-refractivity contribution is 5.77.